The first-order valence-electron chi connectivity index (χ1n) is 4.90. The summed E-state index contributed by atoms with van der Waals surface area (Å²) in [5.41, 5.74) is 6.50. The topological polar surface area (TPSA) is 51.2 Å². The van der Waals surface area contributed by atoms with E-state index in [1.54, 1.807) is 12.1 Å². The van der Waals surface area contributed by atoms with Gasteiger partial charge >= 0.3 is 0 Å². The van der Waals surface area contributed by atoms with Crippen molar-refractivity contribution < 1.29 is 5.11 Å². The van der Waals surface area contributed by atoms with Crippen molar-refractivity contribution in [3.05, 3.63) is 29.4 Å². The number of benzene rings is 1. The highest BCUT2D eigenvalue weighted by molar-refractivity contribution is 6.31. The Morgan fingerprint density at radius 1 is 1.33 bits per heavy atom. The van der Waals surface area contributed by atoms with Crippen LogP contribution in [0.15, 0.2) is 24.3 Å². The van der Waals surface area contributed by atoms with Gasteiger partial charge in [0.1, 0.15) is 10.9 Å². The Kier molecular flexibility index (Phi) is 2.84. The van der Waals surface area contributed by atoms with Crippen LogP contribution < -0.4 is 5.73 Å². The molecule has 4 heteroatoms. The van der Waals surface area contributed by atoms with E-state index in [1.165, 1.54) is 0 Å². The molecule has 1 aromatic carbocycles. The van der Waals surface area contributed by atoms with Crippen LogP contribution >= 0.6 is 11.6 Å². The molecular weight excluding hydrogens is 212 g/mol. The fourth-order valence-electron chi connectivity index (χ4n) is 1.70. The number of aromatic hydroxyl groups is 1. The summed E-state index contributed by atoms with van der Waals surface area (Å²) in [6.45, 7) is 1.46. The monoisotopic (exact) mass is 224 g/mol. The molecule has 0 unspecified atom stereocenters. The second-order valence-corrected chi connectivity index (χ2v) is 3.89. The number of nitrogens with two attached hydrogens (primary N) is 1. The largest absolute Gasteiger partial charge is 0.508 e. The molecule has 1 aromatic heterocycles. The van der Waals surface area contributed by atoms with Crippen LogP contribution in [-0.2, 0) is 6.54 Å². The number of nitrogens with zero attached hydrogens (tertiary/aromatic N) is 1. The van der Waals surface area contributed by atoms with Crippen molar-refractivity contribution in [3.8, 4) is 5.75 Å². The van der Waals surface area contributed by atoms with E-state index >= 15 is 0 Å². The molecule has 0 atom stereocenters. The molecule has 0 radical (unpaired) electrons. The van der Waals surface area contributed by atoms with Gasteiger partial charge in [0.15, 0.2) is 0 Å². The number of aromatic nitrogens is 1. The minimum atomic E-state index is 0.259. The maximum absolute atomic E-state index is 9.33. The van der Waals surface area contributed by atoms with Crippen molar-refractivity contribution in [2.45, 2.75) is 13.0 Å². The predicted molar refractivity (Wildman–Crippen MR) is 62.3 cm³/mol. The Labute approximate surface area is 93.1 Å². The van der Waals surface area contributed by atoms with Gasteiger partial charge in [-0.15, -0.1) is 0 Å². The van der Waals surface area contributed by atoms with E-state index in [2.05, 4.69) is 0 Å². The number of rotatable bonds is 3. The molecule has 2 rings (SSSR count). The molecular formula is C11H13ClN2O. The summed E-state index contributed by atoms with van der Waals surface area (Å²) in [6.07, 6.45) is 0.893. The van der Waals surface area contributed by atoms with Crippen LogP contribution in [0.2, 0.25) is 5.15 Å². The first-order valence-corrected chi connectivity index (χ1v) is 5.28. The van der Waals surface area contributed by atoms with Gasteiger partial charge in [-0.25, -0.2) is 0 Å². The summed E-state index contributed by atoms with van der Waals surface area (Å²) in [7, 11) is 0. The lowest BCUT2D eigenvalue weighted by Crippen LogP contribution is -2.05. The van der Waals surface area contributed by atoms with Crippen molar-refractivity contribution in [1.82, 2.24) is 4.57 Å². The third-order valence-corrected chi connectivity index (χ3v) is 2.73. The quantitative estimate of drug-likeness (QED) is 0.841. The van der Waals surface area contributed by atoms with Crippen molar-refractivity contribution in [1.29, 1.82) is 0 Å². The molecule has 0 spiro atoms. The Morgan fingerprint density at radius 3 is 2.87 bits per heavy atom. The van der Waals surface area contributed by atoms with E-state index in [0.717, 1.165) is 23.9 Å². The first-order chi connectivity index (χ1) is 7.22. The molecule has 0 saturated heterocycles. The molecule has 0 bridgehead atoms. The molecule has 0 aliphatic carbocycles. The minimum Gasteiger partial charge on any atom is -0.508 e. The smallest absolute Gasteiger partial charge is 0.116 e. The molecule has 80 valence electrons. The number of hydrogen-bond acceptors (Lipinski definition) is 2. The third kappa shape index (κ3) is 1.94. The average Bonchev–Trinajstić information content (AvgIpc) is 2.50. The van der Waals surface area contributed by atoms with Gasteiger partial charge in [0.2, 0.25) is 0 Å². The highest BCUT2D eigenvalue weighted by atomic mass is 35.5. The number of hydrogen-bond donors (Lipinski definition) is 2. The van der Waals surface area contributed by atoms with Crippen LogP contribution in [0.3, 0.4) is 0 Å². The Morgan fingerprint density at radius 2 is 2.13 bits per heavy atom. The van der Waals surface area contributed by atoms with E-state index in [-0.39, 0.29) is 5.75 Å². The van der Waals surface area contributed by atoms with Crippen molar-refractivity contribution in [2.24, 2.45) is 5.73 Å². The van der Waals surface area contributed by atoms with Crippen LogP contribution in [0.5, 0.6) is 5.75 Å². The summed E-state index contributed by atoms with van der Waals surface area (Å²) < 4.78 is 2.00. The lowest BCUT2D eigenvalue weighted by atomic mass is 10.2. The summed E-state index contributed by atoms with van der Waals surface area (Å²) in [4.78, 5) is 0. The van der Waals surface area contributed by atoms with E-state index in [9.17, 15) is 5.11 Å². The van der Waals surface area contributed by atoms with E-state index in [4.69, 9.17) is 17.3 Å². The van der Waals surface area contributed by atoms with Crippen molar-refractivity contribution in [2.75, 3.05) is 6.54 Å². The van der Waals surface area contributed by atoms with Gasteiger partial charge in [-0.1, -0.05) is 11.6 Å². The molecule has 15 heavy (non-hydrogen) atoms. The molecule has 0 amide bonds. The molecule has 0 aliphatic rings. The number of phenols is 1. The summed E-state index contributed by atoms with van der Waals surface area (Å²) in [5.74, 6) is 0.259. The van der Waals surface area contributed by atoms with Gasteiger partial charge in [-0.3, -0.25) is 0 Å². The van der Waals surface area contributed by atoms with Crippen LogP contribution in [0.1, 0.15) is 6.42 Å². The lowest BCUT2D eigenvalue weighted by Gasteiger charge is -2.05. The van der Waals surface area contributed by atoms with Gasteiger partial charge in [0, 0.05) is 17.4 Å². The molecule has 0 aliphatic heterocycles. The molecule has 0 saturated carbocycles. The summed E-state index contributed by atoms with van der Waals surface area (Å²) >= 11 is 6.10. The number of aryl methyl sites for hydroxylation is 1. The standard InChI is InChI=1S/C11H13ClN2O/c12-11-7-8-6-9(15)2-3-10(8)14(11)5-1-4-13/h2-3,6-7,15H,1,4-5,13H2. The summed E-state index contributed by atoms with van der Waals surface area (Å²) in [6, 6.07) is 7.10. The third-order valence-electron chi connectivity index (χ3n) is 2.42. The zero-order chi connectivity index (χ0) is 10.8. The van der Waals surface area contributed by atoms with E-state index < -0.39 is 0 Å². The first kappa shape index (κ1) is 10.3. The van der Waals surface area contributed by atoms with Gasteiger partial charge in [0.05, 0.1) is 0 Å². The highest BCUT2D eigenvalue weighted by Crippen LogP contribution is 2.26. The van der Waals surface area contributed by atoms with Gasteiger partial charge in [0.25, 0.3) is 0 Å². The second-order valence-electron chi connectivity index (χ2n) is 3.50. The normalized spacial score (nSPS) is 11.1. The van der Waals surface area contributed by atoms with Gasteiger partial charge in [-0.2, -0.15) is 0 Å². The molecule has 2 aromatic rings. The van der Waals surface area contributed by atoms with E-state index in [0.29, 0.717) is 11.7 Å². The van der Waals surface area contributed by atoms with Gasteiger partial charge < -0.3 is 15.4 Å². The molecule has 1 heterocycles. The second kappa shape index (κ2) is 4.13. The van der Waals surface area contributed by atoms with E-state index in [1.807, 2.05) is 16.7 Å². The average molecular weight is 225 g/mol. The highest BCUT2D eigenvalue weighted by Gasteiger charge is 2.06. The van der Waals surface area contributed by atoms with Crippen LogP contribution in [0.25, 0.3) is 10.9 Å². The molecule has 3 nitrogen and oxygen atoms in total. The molecule has 3 N–H and O–H groups in total. The van der Waals surface area contributed by atoms with Crippen LogP contribution in [0, 0.1) is 0 Å². The minimum absolute atomic E-state index is 0.259. The van der Waals surface area contributed by atoms with Crippen molar-refractivity contribution >= 4 is 22.5 Å². The van der Waals surface area contributed by atoms with Gasteiger partial charge in [-0.05, 0) is 37.2 Å². The maximum atomic E-state index is 9.33. The van der Waals surface area contributed by atoms with Crippen LogP contribution in [-0.4, -0.2) is 16.2 Å². The number of halogens is 1. The zero-order valence-corrected chi connectivity index (χ0v) is 9.04. The SMILES string of the molecule is NCCCn1c(Cl)cc2cc(O)ccc21. The fourth-order valence-corrected chi connectivity index (χ4v) is 1.99. The lowest BCUT2D eigenvalue weighted by molar-refractivity contribution is 0.476. The number of fused-ring (bicyclic) bond motifs is 1. The van der Waals surface area contributed by atoms with Crippen LogP contribution in [0.4, 0.5) is 0 Å². The van der Waals surface area contributed by atoms with Crippen molar-refractivity contribution in [3.63, 3.8) is 0 Å². The number of phenolic OH excluding ortho intramolecular Hbond substituents is 1. The predicted octanol–water partition coefficient (Wildman–Crippen LogP) is 2.35. The Balaban J connectivity index is 2.48. The fraction of sp³-hybridized carbons (Fsp3) is 0.273. The Hall–Kier alpha value is -1.19. The zero-order valence-electron chi connectivity index (χ0n) is 8.28. The summed E-state index contributed by atoms with van der Waals surface area (Å²) in [5, 5.41) is 11.0. The molecule has 0 fully saturated rings. The Bertz CT molecular complexity index is 479. The maximum Gasteiger partial charge on any atom is 0.116 e.